The zero-order chi connectivity index (χ0) is 14.1. The Morgan fingerprint density at radius 1 is 1.20 bits per heavy atom. The number of Topliss-reactive ketones (excluding diaryl/α,β-unsaturated/α-hetero) is 1. The molecule has 0 amide bonds. The predicted molar refractivity (Wildman–Crippen MR) is 86.1 cm³/mol. The Hall–Kier alpha value is -1.81. The molecule has 0 aromatic heterocycles. The molecule has 1 aliphatic rings. The van der Waals surface area contributed by atoms with E-state index in [9.17, 15) is 4.79 Å². The van der Waals surface area contributed by atoms with Gasteiger partial charge in [0.25, 0.3) is 0 Å². The number of anilines is 3. The highest BCUT2D eigenvalue weighted by Crippen LogP contribution is 2.36. The van der Waals surface area contributed by atoms with Gasteiger partial charge in [-0.2, -0.15) is 0 Å². The van der Waals surface area contributed by atoms with Crippen LogP contribution < -0.4 is 10.2 Å². The topological polar surface area (TPSA) is 32.3 Å². The summed E-state index contributed by atoms with van der Waals surface area (Å²) >= 11 is 3.52. The SMILES string of the molecule is CC(=O)c1ccc(N2CCNc3ccc(Br)cc32)cc1. The maximum atomic E-state index is 11.3. The highest BCUT2D eigenvalue weighted by atomic mass is 79.9. The molecule has 1 heterocycles. The van der Waals surface area contributed by atoms with Gasteiger partial charge in [0, 0.05) is 28.8 Å². The van der Waals surface area contributed by atoms with Crippen molar-refractivity contribution in [1.29, 1.82) is 0 Å². The van der Waals surface area contributed by atoms with Gasteiger partial charge in [-0.25, -0.2) is 0 Å². The highest BCUT2D eigenvalue weighted by molar-refractivity contribution is 9.10. The van der Waals surface area contributed by atoms with E-state index in [0.717, 1.165) is 40.2 Å². The predicted octanol–water partition coefficient (Wildman–Crippen LogP) is 4.22. The number of hydrogen-bond donors (Lipinski definition) is 1. The smallest absolute Gasteiger partial charge is 0.159 e. The summed E-state index contributed by atoms with van der Waals surface area (Å²) < 4.78 is 1.06. The van der Waals surface area contributed by atoms with E-state index in [1.165, 1.54) is 0 Å². The number of fused-ring (bicyclic) bond motifs is 1. The van der Waals surface area contributed by atoms with Crippen LogP contribution in [0.3, 0.4) is 0 Å². The van der Waals surface area contributed by atoms with Gasteiger partial charge in [-0.1, -0.05) is 15.9 Å². The molecule has 0 radical (unpaired) electrons. The Morgan fingerprint density at radius 3 is 2.65 bits per heavy atom. The first kappa shape index (κ1) is 13.2. The number of carbonyl (C=O) groups is 1. The number of nitrogens with zero attached hydrogens (tertiary/aromatic N) is 1. The lowest BCUT2D eigenvalue weighted by Crippen LogP contribution is -2.30. The summed E-state index contributed by atoms with van der Waals surface area (Å²) in [6.07, 6.45) is 0. The van der Waals surface area contributed by atoms with E-state index in [2.05, 4.69) is 38.3 Å². The van der Waals surface area contributed by atoms with Crippen LogP contribution in [-0.2, 0) is 0 Å². The monoisotopic (exact) mass is 330 g/mol. The summed E-state index contributed by atoms with van der Waals surface area (Å²) in [6, 6.07) is 14.0. The van der Waals surface area contributed by atoms with Crippen molar-refractivity contribution in [2.45, 2.75) is 6.92 Å². The third-order valence-corrected chi connectivity index (χ3v) is 3.98. The molecule has 0 aliphatic carbocycles. The van der Waals surface area contributed by atoms with Crippen molar-refractivity contribution in [3.8, 4) is 0 Å². The maximum absolute atomic E-state index is 11.3. The van der Waals surface area contributed by atoms with Gasteiger partial charge in [-0.15, -0.1) is 0 Å². The summed E-state index contributed by atoms with van der Waals surface area (Å²) in [5.41, 5.74) is 4.14. The number of halogens is 1. The summed E-state index contributed by atoms with van der Waals surface area (Å²) in [5, 5.41) is 3.40. The first-order valence-corrected chi connectivity index (χ1v) is 7.36. The van der Waals surface area contributed by atoms with Crippen molar-refractivity contribution >= 4 is 38.8 Å². The van der Waals surface area contributed by atoms with Crippen LogP contribution in [0.15, 0.2) is 46.9 Å². The minimum atomic E-state index is 0.0972. The maximum Gasteiger partial charge on any atom is 0.159 e. The zero-order valence-electron chi connectivity index (χ0n) is 11.2. The fourth-order valence-corrected chi connectivity index (χ4v) is 2.79. The summed E-state index contributed by atoms with van der Waals surface area (Å²) in [4.78, 5) is 13.6. The third kappa shape index (κ3) is 2.43. The second-order valence-corrected chi connectivity index (χ2v) is 5.76. The minimum absolute atomic E-state index is 0.0972. The number of benzene rings is 2. The highest BCUT2D eigenvalue weighted by Gasteiger charge is 2.18. The molecule has 102 valence electrons. The van der Waals surface area contributed by atoms with Crippen molar-refractivity contribution in [2.75, 3.05) is 23.3 Å². The average Bonchev–Trinajstić information content (AvgIpc) is 2.46. The molecular formula is C16H15BrN2O. The van der Waals surface area contributed by atoms with Gasteiger partial charge in [0.2, 0.25) is 0 Å². The van der Waals surface area contributed by atoms with Crippen LogP contribution in [0.4, 0.5) is 17.1 Å². The molecular weight excluding hydrogens is 316 g/mol. The molecule has 0 saturated carbocycles. The molecule has 1 N–H and O–H groups in total. The molecule has 2 aromatic carbocycles. The van der Waals surface area contributed by atoms with Crippen LogP contribution in [0.25, 0.3) is 0 Å². The van der Waals surface area contributed by atoms with Crippen LogP contribution in [0.2, 0.25) is 0 Å². The average molecular weight is 331 g/mol. The lowest BCUT2D eigenvalue weighted by Gasteiger charge is -2.32. The fourth-order valence-electron chi connectivity index (χ4n) is 2.44. The third-order valence-electron chi connectivity index (χ3n) is 3.49. The van der Waals surface area contributed by atoms with E-state index in [0.29, 0.717) is 0 Å². The van der Waals surface area contributed by atoms with Crippen molar-refractivity contribution in [3.63, 3.8) is 0 Å². The molecule has 1 aliphatic heterocycles. The lowest BCUT2D eigenvalue weighted by atomic mass is 10.1. The number of nitrogens with one attached hydrogen (secondary N) is 1. The Bertz CT molecular complexity index is 652. The van der Waals surface area contributed by atoms with Crippen molar-refractivity contribution in [3.05, 3.63) is 52.5 Å². The first-order chi connectivity index (χ1) is 9.65. The lowest BCUT2D eigenvalue weighted by molar-refractivity contribution is 0.101. The molecule has 2 aromatic rings. The molecule has 20 heavy (non-hydrogen) atoms. The number of hydrogen-bond acceptors (Lipinski definition) is 3. The molecule has 0 unspecified atom stereocenters. The Morgan fingerprint density at radius 2 is 1.95 bits per heavy atom. The van der Waals surface area contributed by atoms with Gasteiger partial charge < -0.3 is 10.2 Å². The second-order valence-electron chi connectivity index (χ2n) is 4.84. The Labute approximate surface area is 126 Å². The van der Waals surface area contributed by atoms with Crippen LogP contribution >= 0.6 is 15.9 Å². The first-order valence-electron chi connectivity index (χ1n) is 6.57. The van der Waals surface area contributed by atoms with Gasteiger partial charge in [-0.3, -0.25) is 4.79 Å². The molecule has 4 heteroatoms. The van der Waals surface area contributed by atoms with Gasteiger partial charge in [0.15, 0.2) is 5.78 Å². The van der Waals surface area contributed by atoms with E-state index in [-0.39, 0.29) is 5.78 Å². The van der Waals surface area contributed by atoms with Crippen molar-refractivity contribution in [1.82, 2.24) is 0 Å². The molecule has 0 bridgehead atoms. The van der Waals surface area contributed by atoms with E-state index >= 15 is 0 Å². The van der Waals surface area contributed by atoms with Crippen LogP contribution in [0, 0.1) is 0 Å². The molecule has 0 spiro atoms. The molecule has 0 fully saturated rings. The summed E-state index contributed by atoms with van der Waals surface area (Å²) in [7, 11) is 0. The van der Waals surface area contributed by atoms with Crippen LogP contribution in [-0.4, -0.2) is 18.9 Å². The summed E-state index contributed by atoms with van der Waals surface area (Å²) in [6.45, 7) is 3.40. The Kier molecular flexibility index (Phi) is 3.49. The number of carbonyl (C=O) groups excluding carboxylic acids is 1. The molecule has 0 saturated heterocycles. The molecule has 3 nitrogen and oxygen atoms in total. The zero-order valence-corrected chi connectivity index (χ0v) is 12.8. The van der Waals surface area contributed by atoms with Crippen LogP contribution in [0.1, 0.15) is 17.3 Å². The van der Waals surface area contributed by atoms with Crippen LogP contribution in [0.5, 0.6) is 0 Å². The standard InChI is InChI=1S/C16H15BrN2O/c1-11(20)12-2-5-14(6-3-12)19-9-8-18-15-7-4-13(17)10-16(15)19/h2-7,10,18H,8-9H2,1H3. The van der Waals surface area contributed by atoms with E-state index < -0.39 is 0 Å². The normalized spacial score (nSPS) is 13.6. The fraction of sp³-hybridized carbons (Fsp3) is 0.188. The van der Waals surface area contributed by atoms with Crippen molar-refractivity contribution in [2.24, 2.45) is 0 Å². The van der Waals surface area contributed by atoms with E-state index in [1.54, 1.807) is 6.92 Å². The molecule has 0 atom stereocenters. The largest absolute Gasteiger partial charge is 0.382 e. The van der Waals surface area contributed by atoms with Crippen molar-refractivity contribution < 1.29 is 4.79 Å². The van der Waals surface area contributed by atoms with E-state index in [4.69, 9.17) is 0 Å². The molecule has 3 rings (SSSR count). The second kappa shape index (κ2) is 5.29. The van der Waals surface area contributed by atoms with Gasteiger partial charge in [-0.05, 0) is 49.4 Å². The van der Waals surface area contributed by atoms with Gasteiger partial charge in [0.1, 0.15) is 0 Å². The minimum Gasteiger partial charge on any atom is -0.382 e. The number of ketones is 1. The Balaban J connectivity index is 1.99. The van der Waals surface area contributed by atoms with E-state index in [1.807, 2.05) is 30.3 Å². The van der Waals surface area contributed by atoms with Gasteiger partial charge >= 0.3 is 0 Å². The summed E-state index contributed by atoms with van der Waals surface area (Å²) in [5.74, 6) is 0.0972. The number of rotatable bonds is 2. The van der Waals surface area contributed by atoms with Gasteiger partial charge in [0.05, 0.1) is 11.4 Å². The quantitative estimate of drug-likeness (QED) is 0.837.